The summed E-state index contributed by atoms with van der Waals surface area (Å²) < 4.78 is 5.80. The third-order valence-corrected chi connectivity index (χ3v) is 4.65. The first-order valence-electron chi connectivity index (χ1n) is 8.37. The van der Waals surface area contributed by atoms with E-state index in [2.05, 4.69) is 24.4 Å². The third kappa shape index (κ3) is 4.00. The number of nitrogens with one attached hydrogen (secondary N) is 1. The molecule has 1 aromatic heterocycles. The number of halogens is 1. The highest BCUT2D eigenvalue weighted by atomic mass is 35.5. The highest BCUT2D eigenvalue weighted by Crippen LogP contribution is 2.24. The van der Waals surface area contributed by atoms with Gasteiger partial charge in [-0.2, -0.15) is 0 Å². The molecule has 1 fully saturated rings. The van der Waals surface area contributed by atoms with E-state index in [1.54, 1.807) is 6.07 Å². The zero-order chi connectivity index (χ0) is 16.2. The van der Waals surface area contributed by atoms with Gasteiger partial charge < -0.3 is 14.6 Å². The molecule has 1 aliphatic rings. The van der Waals surface area contributed by atoms with Crippen molar-refractivity contribution in [2.24, 2.45) is 0 Å². The van der Waals surface area contributed by atoms with Crippen molar-refractivity contribution in [3.05, 3.63) is 47.7 Å². The maximum atomic E-state index is 12.6. The lowest BCUT2D eigenvalue weighted by Crippen LogP contribution is -2.43. The fraction of sp³-hybridized carbons (Fsp3) is 0.421. The first kappa shape index (κ1) is 18.6. The first-order valence-corrected chi connectivity index (χ1v) is 8.37. The fourth-order valence-electron chi connectivity index (χ4n) is 3.04. The number of aryl methyl sites for hydroxylation is 1. The number of hydrogen-bond acceptors (Lipinski definition) is 3. The number of nitrogens with zero attached hydrogens (tertiary/aromatic N) is 1. The lowest BCUT2D eigenvalue weighted by atomic mass is 10.1. The van der Waals surface area contributed by atoms with E-state index in [0.717, 1.165) is 43.7 Å². The lowest BCUT2D eigenvalue weighted by Gasteiger charge is -2.31. The van der Waals surface area contributed by atoms with E-state index in [1.807, 2.05) is 30.1 Å². The van der Waals surface area contributed by atoms with Gasteiger partial charge in [0.15, 0.2) is 5.76 Å². The van der Waals surface area contributed by atoms with Gasteiger partial charge in [-0.25, -0.2) is 0 Å². The van der Waals surface area contributed by atoms with Crippen LogP contribution in [0.2, 0.25) is 0 Å². The van der Waals surface area contributed by atoms with Crippen molar-refractivity contribution >= 4 is 18.3 Å². The maximum absolute atomic E-state index is 12.6. The van der Waals surface area contributed by atoms with Crippen LogP contribution in [0.15, 0.2) is 40.8 Å². The van der Waals surface area contributed by atoms with Gasteiger partial charge in [0, 0.05) is 24.7 Å². The van der Waals surface area contributed by atoms with Crippen molar-refractivity contribution in [2.45, 2.75) is 32.2 Å². The van der Waals surface area contributed by atoms with Crippen LogP contribution in [0.4, 0.5) is 0 Å². The van der Waals surface area contributed by atoms with Crippen LogP contribution in [-0.4, -0.2) is 37.0 Å². The summed E-state index contributed by atoms with van der Waals surface area (Å²) in [6.45, 7) is 3.70. The van der Waals surface area contributed by atoms with Gasteiger partial charge in [-0.3, -0.25) is 4.79 Å². The van der Waals surface area contributed by atoms with Crippen LogP contribution in [0.1, 0.15) is 35.9 Å². The maximum Gasteiger partial charge on any atom is 0.289 e. The second kappa shape index (κ2) is 8.36. The minimum atomic E-state index is -0.00372. The van der Waals surface area contributed by atoms with Gasteiger partial charge in [0.1, 0.15) is 5.76 Å². The van der Waals surface area contributed by atoms with E-state index in [1.165, 1.54) is 5.56 Å². The molecule has 5 heteroatoms. The summed E-state index contributed by atoms with van der Waals surface area (Å²) in [7, 11) is 1.98. The highest BCUT2D eigenvalue weighted by Gasteiger charge is 2.24. The number of rotatable bonds is 4. The zero-order valence-corrected chi connectivity index (χ0v) is 15.1. The molecule has 1 N–H and O–H groups in total. The quantitative estimate of drug-likeness (QED) is 0.915. The van der Waals surface area contributed by atoms with E-state index in [0.29, 0.717) is 11.8 Å². The predicted octanol–water partition coefficient (Wildman–Crippen LogP) is 3.75. The fourth-order valence-corrected chi connectivity index (χ4v) is 3.04. The SMILES string of the molecule is CCc1ccc(-c2ccc(C(=O)N3CCC(NC)CC3)o2)cc1.Cl. The van der Waals surface area contributed by atoms with Gasteiger partial charge in [0.2, 0.25) is 0 Å². The van der Waals surface area contributed by atoms with E-state index in [9.17, 15) is 4.79 Å². The van der Waals surface area contributed by atoms with Crippen molar-refractivity contribution < 1.29 is 9.21 Å². The van der Waals surface area contributed by atoms with Gasteiger partial charge >= 0.3 is 0 Å². The molecule has 3 rings (SSSR count). The molecule has 1 amide bonds. The topological polar surface area (TPSA) is 45.5 Å². The van der Waals surface area contributed by atoms with Gasteiger partial charge in [0.25, 0.3) is 5.91 Å². The van der Waals surface area contributed by atoms with Crippen LogP contribution in [0.5, 0.6) is 0 Å². The molecule has 1 aromatic carbocycles. The predicted molar refractivity (Wildman–Crippen MR) is 98.8 cm³/mol. The number of carbonyl (C=O) groups excluding carboxylic acids is 1. The average molecular weight is 349 g/mol. The third-order valence-electron chi connectivity index (χ3n) is 4.65. The molecule has 0 unspecified atom stereocenters. The molecule has 0 spiro atoms. The Morgan fingerprint density at radius 1 is 1.17 bits per heavy atom. The molecule has 0 saturated carbocycles. The Bertz CT molecular complexity index is 658. The number of carbonyl (C=O) groups is 1. The monoisotopic (exact) mass is 348 g/mol. The molecule has 0 aliphatic carbocycles. The molecular formula is C19H25ClN2O2. The van der Waals surface area contributed by atoms with E-state index >= 15 is 0 Å². The molecule has 4 nitrogen and oxygen atoms in total. The average Bonchev–Trinajstić information content (AvgIpc) is 3.11. The first-order chi connectivity index (χ1) is 11.2. The van der Waals surface area contributed by atoms with Gasteiger partial charge in [-0.05, 0) is 44.0 Å². The summed E-state index contributed by atoms with van der Waals surface area (Å²) in [5.41, 5.74) is 2.30. The summed E-state index contributed by atoms with van der Waals surface area (Å²) in [5, 5.41) is 3.28. The van der Waals surface area contributed by atoms with E-state index in [4.69, 9.17) is 4.42 Å². The summed E-state index contributed by atoms with van der Waals surface area (Å²) in [6.07, 6.45) is 3.01. The normalized spacial score (nSPS) is 15.2. The highest BCUT2D eigenvalue weighted by molar-refractivity contribution is 5.92. The summed E-state index contributed by atoms with van der Waals surface area (Å²) >= 11 is 0. The Morgan fingerprint density at radius 3 is 2.42 bits per heavy atom. The molecule has 1 saturated heterocycles. The van der Waals surface area contributed by atoms with Gasteiger partial charge in [-0.15, -0.1) is 12.4 Å². The number of likely N-dealkylation sites (tertiary alicyclic amines) is 1. The summed E-state index contributed by atoms with van der Waals surface area (Å²) in [5.74, 6) is 1.18. The molecular weight excluding hydrogens is 324 g/mol. The van der Waals surface area contributed by atoms with Crippen LogP contribution >= 0.6 is 12.4 Å². The molecule has 24 heavy (non-hydrogen) atoms. The van der Waals surface area contributed by atoms with Crippen molar-refractivity contribution in [3.8, 4) is 11.3 Å². The van der Waals surface area contributed by atoms with Gasteiger partial charge in [-0.1, -0.05) is 31.2 Å². The number of benzene rings is 1. The Hall–Kier alpha value is -1.78. The molecule has 130 valence electrons. The minimum Gasteiger partial charge on any atom is -0.451 e. The van der Waals surface area contributed by atoms with Crippen molar-refractivity contribution in [2.75, 3.05) is 20.1 Å². The second-order valence-electron chi connectivity index (χ2n) is 6.07. The molecule has 2 aromatic rings. The minimum absolute atomic E-state index is 0. The number of hydrogen-bond donors (Lipinski definition) is 1. The Kier molecular flexibility index (Phi) is 6.46. The molecule has 0 atom stereocenters. The summed E-state index contributed by atoms with van der Waals surface area (Å²) in [6, 6.07) is 12.5. The second-order valence-corrected chi connectivity index (χ2v) is 6.07. The Labute approximate surface area is 149 Å². The van der Waals surface area contributed by atoms with E-state index in [-0.39, 0.29) is 18.3 Å². The van der Waals surface area contributed by atoms with Crippen LogP contribution < -0.4 is 5.32 Å². The van der Waals surface area contributed by atoms with Crippen LogP contribution in [0.3, 0.4) is 0 Å². The van der Waals surface area contributed by atoms with Crippen LogP contribution in [-0.2, 0) is 6.42 Å². The molecule has 0 bridgehead atoms. The smallest absolute Gasteiger partial charge is 0.289 e. The zero-order valence-electron chi connectivity index (χ0n) is 14.2. The Balaban J connectivity index is 0.00000208. The van der Waals surface area contributed by atoms with E-state index < -0.39 is 0 Å². The number of piperidine rings is 1. The number of furan rings is 1. The number of amides is 1. The van der Waals surface area contributed by atoms with Crippen molar-refractivity contribution in [3.63, 3.8) is 0 Å². The van der Waals surface area contributed by atoms with Crippen molar-refractivity contribution in [1.82, 2.24) is 10.2 Å². The molecule has 0 radical (unpaired) electrons. The Morgan fingerprint density at radius 2 is 1.83 bits per heavy atom. The van der Waals surface area contributed by atoms with Crippen LogP contribution in [0, 0.1) is 0 Å². The molecule has 1 aliphatic heterocycles. The van der Waals surface area contributed by atoms with Crippen LogP contribution in [0.25, 0.3) is 11.3 Å². The van der Waals surface area contributed by atoms with Gasteiger partial charge in [0.05, 0.1) is 0 Å². The van der Waals surface area contributed by atoms with Crippen molar-refractivity contribution in [1.29, 1.82) is 0 Å². The molecule has 2 heterocycles. The largest absolute Gasteiger partial charge is 0.451 e. The standard InChI is InChI=1S/C19H24N2O2.ClH/c1-3-14-4-6-15(7-5-14)17-8-9-18(23-17)19(22)21-12-10-16(20-2)11-13-21;/h4-9,16,20H,3,10-13H2,1-2H3;1H. The lowest BCUT2D eigenvalue weighted by molar-refractivity contribution is 0.0676. The summed E-state index contributed by atoms with van der Waals surface area (Å²) in [4.78, 5) is 14.4.